The van der Waals surface area contributed by atoms with E-state index in [2.05, 4.69) is 0 Å². The Balaban J connectivity index is 2.03. The molecule has 1 aromatic rings. The molecule has 0 radical (unpaired) electrons. The summed E-state index contributed by atoms with van der Waals surface area (Å²) in [7, 11) is 4.17. The topological polar surface area (TPSA) is 155 Å². The van der Waals surface area contributed by atoms with Gasteiger partial charge in [0.05, 0.1) is 26.4 Å². The van der Waals surface area contributed by atoms with Crippen LogP contribution in [0.5, 0.6) is 0 Å². The number of esters is 3. The molecule has 1 aromatic carbocycles. The van der Waals surface area contributed by atoms with Crippen molar-refractivity contribution < 1.29 is 62.1 Å². The van der Waals surface area contributed by atoms with Gasteiger partial charge in [-0.05, 0) is 12.0 Å². The van der Waals surface area contributed by atoms with Crippen molar-refractivity contribution in [3.63, 3.8) is 0 Å². The Morgan fingerprint density at radius 2 is 1.52 bits per heavy atom. The predicted octanol–water partition coefficient (Wildman–Crippen LogP) is 1.51. The van der Waals surface area contributed by atoms with Crippen LogP contribution < -0.4 is 0 Å². The van der Waals surface area contributed by atoms with Gasteiger partial charge in [-0.25, -0.2) is 4.79 Å². The molecule has 0 spiro atoms. The summed E-state index contributed by atoms with van der Waals surface area (Å²) in [6, 6.07) is 9.17. The summed E-state index contributed by atoms with van der Waals surface area (Å²) in [5, 5.41) is 10.3. The van der Waals surface area contributed by atoms with E-state index in [1.807, 2.05) is 30.3 Å². The first-order chi connectivity index (χ1) is 20.1. The maximum Gasteiger partial charge on any atom is 0.338 e. The molecule has 2 saturated heterocycles. The summed E-state index contributed by atoms with van der Waals surface area (Å²) >= 11 is 0. The van der Waals surface area contributed by atoms with Gasteiger partial charge >= 0.3 is 17.9 Å². The zero-order valence-electron chi connectivity index (χ0n) is 25.1. The molecule has 2 aliphatic rings. The highest BCUT2D eigenvalue weighted by Crippen LogP contribution is 2.42. The quantitative estimate of drug-likeness (QED) is 0.273. The van der Waals surface area contributed by atoms with Crippen LogP contribution in [-0.2, 0) is 63.6 Å². The summed E-state index contributed by atoms with van der Waals surface area (Å²) < 4.78 is 52.4. The number of aliphatic hydroxyl groups excluding tert-OH is 1. The number of benzene rings is 1. The van der Waals surface area contributed by atoms with Gasteiger partial charge < -0.3 is 47.7 Å². The highest BCUT2D eigenvalue weighted by molar-refractivity contribution is 5.80. The number of rotatable bonds is 12. The number of ether oxygens (including phenoxy) is 9. The summed E-state index contributed by atoms with van der Waals surface area (Å²) in [5.74, 6) is -2.50. The molecule has 10 atom stereocenters. The number of carbonyl (C=O) groups is 3. The number of aliphatic hydroxyl groups is 1. The lowest BCUT2D eigenvalue weighted by atomic mass is 9.77. The SMILES string of the molecule is CCC1(C(=O)OC)O[C@@H](O[C@H]2C(CO)O[C@@H](OC(C)=O)C(OCc3ccccc3)[C@H]2OC(C)=O)C(OC)[C@@H](OC)[C@H]1C. The van der Waals surface area contributed by atoms with Crippen LogP contribution in [0.3, 0.4) is 0 Å². The lowest BCUT2D eigenvalue weighted by Gasteiger charge is -2.51. The van der Waals surface area contributed by atoms with Gasteiger partial charge in [0.2, 0.25) is 6.29 Å². The molecule has 3 rings (SSSR count). The Hall–Kier alpha value is -2.65. The minimum absolute atomic E-state index is 0.0477. The summed E-state index contributed by atoms with van der Waals surface area (Å²) in [4.78, 5) is 37.4. The maximum absolute atomic E-state index is 13.1. The molecule has 4 unspecified atom stereocenters. The third-order valence-corrected chi connectivity index (χ3v) is 7.68. The highest BCUT2D eigenvalue weighted by atomic mass is 16.8. The van der Waals surface area contributed by atoms with Crippen molar-refractivity contribution in [2.24, 2.45) is 5.92 Å². The molecule has 13 nitrogen and oxygen atoms in total. The normalized spacial score (nSPS) is 34.8. The van der Waals surface area contributed by atoms with Crippen LogP contribution in [0.25, 0.3) is 0 Å². The van der Waals surface area contributed by atoms with Gasteiger partial charge in [0.25, 0.3) is 0 Å². The van der Waals surface area contributed by atoms with Crippen molar-refractivity contribution in [1.82, 2.24) is 0 Å². The van der Waals surface area contributed by atoms with Gasteiger partial charge in [0.15, 0.2) is 24.1 Å². The first kappa shape index (κ1) is 33.8. The zero-order valence-corrected chi connectivity index (χ0v) is 25.1. The van der Waals surface area contributed by atoms with Gasteiger partial charge in [-0.2, -0.15) is 0 Å². The van der Waals surface area contributed by atoms with E-state index in [-0.39, 0.29) is 13.0 Å². The van der Waals surface area contributed by atoms with Crippen molar-refractivity contribution >= 4 is 17.9 Å². The lowest BCUT2D eigenvalue weighted by molar-refractivity contribution is -0.369. The van der Waals surface area contributed by atoms with Crippen molar-refractivity contribution in [2.45, 2.75) is 95.5 Å². The molecule has 42 heavy (non-hydrogen) atoms. The van der Waals surface area contributed by atoms with Gasteiger partial charge in [-0.1, -0.05) is 44.2 Å². The molecule has 1 N–H and O–H groups in total. The fourth-order valence-electron chi connectivity index (χ4n) is 5.60. The van der Waals surface area contributed by atoms with E-state index in [9.17, 15) is 19.5 Å². The van der Waals surface area contributed by atoms with Crippen LogP contribution in [0.1, 0.15) is 39.7 Å². The first-order valence-corrected chi connectivity index (χ1v) is 13.8. The average molecular weight is 599 g/mol. The molecule has 0 aromatic heterocycles. The van der Waals surface area contributed by atoms with Crippen molar-refractivity contribution in [3.05, 3.63) is 35.9 Å². The molecule has 2 heterocycles. The van der Waals surface area contributed by atoms with Crippen LogP contribution in [-0.4, -0.2) is 106 Å². The molecule has 0 amide bonds. The smallest absolute Gasteiger partial charge is 0.338 e. The Morgan fingerprint density at radius 3 is 2.05 bits per heavy atom. The second kappa shape index (κ2) is 15.2. The van der Waals surface area contributed by atoms with E-state index in [1.54, 1.807) is 13.8 Å². The van der Waals surface area contributed by atoms with Gasteiger partial charge in [0.1, 0.15) is 18.3 Å². The molecular formula is C29H42O13. The molecule has 0 saturated carbocycles. The second-order valence-electron chi connectivity index (χ2n) is 10.2. The third-order valence-electron chi connectivity index (χ3n) is 7.68. The zero-order chi connectivity index (χ0) is 31.0. The minimum atomic E-state index is -1.47. The van der Waals surface area contributed by atoms with Crippen LogP contribution in [0.2, 0.25) is 0 Å². The molecule has 2 aliphatic heterocycles. The van der Waals surface area contributed by atoms with Crippen LogP contribution >= 0.6 is 0 Å². The van der Waals surface area contributed by atoms with Gasteiger partial charge in [-0.15, -0.1) is 0 Å². The molecular weight excluding hydrogens is 556 g/mol. The minimum Gasteiger partial charge on any atom is -0.467 e. The Labute approximate surface area is 245 Å². The van der Waals surface area contributed by atoms with Gasteiger partial charge in [-0.3, -0.25) is 9.59 Å². The molecule has 13 heteroatoms. The van der Waals surface area contributed by atoms with Crippen LogP contribution in [0.4, 0.5) is 0 Å². The predicted molar refractivity (Wildman–Crippen MR) is 144 cm³/mol. The number of hydrogen-bond acceptors (Lipinski definition) is 13. The Bertz CT molecular complexity index is 1040. The summed E-state index contributed by atoms with van der Waals surface area (Å²) in [5.41, 5.74) is -0.681. The Morgan fingerprint density at radius 1 is 0.881 bits per heavy atom. The number of methoxy groups -OCH3 is 3. The highest BCUT2D eigenvalue weighted by Gasteiger charge is 2.60. The fraction of sp³-hybridized carbons (Fsp3) is 0.690. The van der Waals surface area contributed by atoms with E-state index < -0.39 is 85.2 Å². The molecule has 236 valence electrons. The Kier molecular flexibility index (Phi) is 12.2. The number of hydrogen-bond donors (Lipinski definition) is 1. The van der Waals surface area contributed by atoms with E-state index in [4.69, 9.17) is 42.6 Å². The van der Waals surface area contributed by atoms with E-state index >= 15 is 0 Å². The molecule has 0 aliphatic carbocycles. The van der Waals surface area contributed by atoms with Crippen molar-refractivity contribution in [3.8, 4) is 0 Å². The molecule has 0 bridgehead atoms. The van der Waals surface area contributed by atoms with E-state index in [1.165, 1.54) is 35.2 Å². The fourth-order valence-corrected chi connectivity index (χ4v) is 5.60. The number of carbonyl (C=O) groups excluding carboxylic acids is 3. The standard InChI is InChI=1S/C29H42O13/c1-8-29(28(33)36-7)16(2)21(34-5)24(35-6)27(42-29)41-22-20(14-30)40-26(39-18(4)32)25(23(22)38-17(3)31)37-15-19-12-10-9-11-13-19/h9-13,16,20-27,30H,8,14-15H2,1-7H3/t16-,20?,21+,22+,23+,24?,25?,26-,27-,29?/m1/s1. The third kappa shape index (κ3) is 7.28. The first-order valence-electron chi connectivity index (χ1n) is 13.8. The van der Waals surface area contributed by atoms with Crippen LogP contribution in [0.15, 0.2) is 30.3 Å². The van der Waals surface area contributed by atoms with Gasteiger partial charge in [0, 0.05) is 34.0 Å². The van der Waals surface area contributed by atoms with Crippen molar-refractivity contribution in [1.29, 1.82) is 0 Å². The van der Waals surface area contributed by atoms with Crippen LogP contribution in [0, 0.1) is 5.92 Å². The van der Waals surface area contributed by atoms with E-state index in [0.29, 0.717) is 0 Å². The maximum atomic E-state index is 13.1. The van der Waals surface area contributed by atoms with E-state index in [0.717, 1.165) is 5.56 Å². The molecule has 2 fully saturated rings. The lowest BCUT2D eigenvalue weighted by Crippen LogP contribution is -2.68. The monoisotopic (exact) mass is 598 g/mol. The largest absolute Gasteiger partial charge is 0.467 e. The average Bonchev–Trinajstić information content (AvgIpc) is 2.97. The summed E-state index contributed by atoms with van der Waals surface area (Å²) in [6.45, 7) is 5.38. The van der Waals surface area contributed by atoms with Crippen molar-refractivity contribution in [2.75, 3.05) is 27.9 Å². The summed E-state index contributed by atoms with van der Waals surface area (Å²) in [6.07, 6.45) is -8.80. The second-order valence-corrected chi connectivity index (χ2v) is 10.2.